The van der Waals surface area contributed by atoms with Gasteiger partial charge in [-0.2, -0.15) is 11.8 Å². The van der Waals surface area contributed by atoms with Crippen LogP contribution in [0.1, 0.15) is 13.8 Å². The lowest BCUT2D eigenvalue weighted by Crippen LogP contribution is -2.53. The smallest absolute Gasteiger partial charge is 0.225 e. The monoisotopic (exact) mass is 173 g/mol. The maximum Gasteiger partial charge on any atom is 0.225 e. The Bertz CT molecular complexity index is 152. The Kier molecular flexibility index (Phi) is 2.82. The van der Waals surface area contributed by atoms with Crippen LogP contribution in [0.4, 0.5) is 0 Å². The lowest BCUT2D eigenvalue weighted by molar-refractivity contribution is -0.137. The Labute approximate surface area is 72.3 Å². The van der Waals surface area contributed by atoms with Gasteiger partial charge in [0.15, 0.2) is 0 Å². The zero-order valence-corrected chi connectivity index (χ0v) is 8.15. The van der Waals surface area contributed by atoms with Crippen molar-refractivity contribution in [3.8, 4) is 0 Å². The summed E-state index contributed by atoms with van der Waals surface area (Å²) < 4.78 is 0. The molecule has 0 atom stereocenters. The topological polar surface area (TPSA) is 20.3 Å². The number of likely N-dealkylation sites (tertiary alicyclic amines) is 1. The minimum Gasteiger partial charge on any atom is -0.340 e. The van der Waals surface area contributed by atoms with E-state index in [0.29, 0.717) is 11.2 Å². The standard InChI is InChI=1S/C8H15NOS/c1-6(2)8(10)9-4-7(5-9)11-3/h6-7H,4-5H2,1-3H3. The van der Waals surface area contributed by atoms with E-state index in [4.69, 9.17) is 0 Å². The summed E-state index contributed by atoms with van der Waals surface area (Å²) >= 11 is 1.85. The van der Waals surface area contributed by atoms with Gasteiger partial charge in [0, 0.05) is 24.3 Å². The van der Waals surface area contributed by atoms with Crippen LogP contribution in [0.5, 0.6) is 0 Å². The molecular weight excluding hydrogens is 158 g/mol. The summed E-state index contributed by atoms with van der Waals surface area (Å²) in [5.41, 5.74) is 0. The molecule has 1 fully saturated rings. The molecule has 0 saturated carbocycles. The largest absolute Gasteiger partial charge is 0.340 e. The number of hydrogen-bond donors (Lipinski definition) is 0. The maximum absolute atomic E-state index is 11.3. The lowest BCUT2D eigenvalue weighted by atomic mass is 10.1. The summed E-state index contributed by atoms with van der Waals surface area (Å²) in [5, 5.41) is 0.692. The third kappa shape index (κ3) is 1.89. The SMILES string of the molecule is CSC1CN(C(=O)C(C)C)C1. The normalized spacial score (nSPS) is 18.7. The van der Waals surface area contributed by atoms with Crippen molar-refractivity contribution in [3.63, 3.8) is 0 Å². The predicted octanol–water partition coefficient (Wildman–Crippen LogP) is 1.22. The Morgan fingerprint density at radius 2 is 2.09 bits per heavy atom. The molecule has 0 aromatic carbocycles. The average molecular weight is 173 g/mol. The molecule has 64 valence electrons. The quantitative estimate of drug-likeness (QED) is 0.625. The minimum absolute atomic E-state index is 0.165. The first-order chi connectivity index (χ1) is 5.15. The molecule has 0 spiro atoms. The molecule has 0 aliphatic carbocycles. The fraction of sp³-hybridized carbons (Fsp3) is 0.875. The van der Waals surface area contributed by atoms with E-state index in [0.717, 1.165) is 13.1 Å². The minimum atomic E-state index is 0.165. The second-order valence-electron chi connectivity index (χ2n) is 3.26. The third-order valence-corrected chi connectivity index (χ3v) is 2.95. The Hall–Kier alpha value is -0.180. The van der Waals surface area contributed by atoms with Crippen LogP contribution in [-0.4, -0.2) is 35.4 Å². The molecule has 1 rings (SSSR count). The molecule has 0 bridgehead atoms. The van der Waals surface area contributed by atoms with Crippen molar-refractivity contribution >= 4 is 17.7 Å². The highest BCUT2D eigenvalue weighted by molar-refractivity contribution is 7.99. The van der Waals surface area contributed by atoms with Crippen LogP contribution in [0, 0.1) is 5.92 Å². The van der Waals surface area contributed by atoms with Crippen LogP contribution in [0.2, 0.25) is 0 Å². The van der Waals surface area contributed by atoms with Crippen LogP contribution in [0.15, 0.2) is 0 Å². The van der Waals surface area contributed by atoms with Gasteiger partial charge in [-0.15, -0.1) is 0 Å². The van der Waals surface area contributed by atoms with Gasteiger partial charge in [0.05, 0.1) is 0 Å². The van der Waals surface area contributed by atoms with Gasteiger partial charge >= 0.3 is 0 Å². The molecule has 0 aromatic heterocycles. The van der Waals surface area contributed by atoms with E-state index in [1.807, 2.05) is 30.5 Å². The molecule has 1 saturated heterocycles. The summed E-state index contributed by atoms with van der Waals surface area (Å²) in [6.45, 7) is 5.82. The molecule has 0 radical (unpaired) electrons. The summed E-state index contributed by atoms with van der Waals surface area (Å²) in [7, 11) is 0. The molecule has 1 aliphatic rings. The van der Waals surface area contributed by atoms with Crippen molar-refractivity contribution < 1.29 is 4.79 Å². The first-order valence-electron chi connectivity index (χ1n) is 3.96. The molecule has 1 aliphatic heterocycles. The van der Waals surface area contributed by atoms with E-state index in [1.165, 1.54) is 0 Å². The van der Waals surface area contributed by atoms with Gasteiger partial charge in [-0.1, -0.05) is 13.8 Å². The van der Waals surface area contributed by atoms with Gasteiger partial charge in [0.1, 0.15) is 0 Å². The van der Waals surface area contributed by atoms with E-state index in [1.54, 1.807) is 0 Å². The number of hydrogen-bond acceptors (Lipinski definition) is 2. The van der Waals surface area contributed by atoms with Crippen molar-refractivity contribution in [2.24, 2.45) is 5.92 Å². The fourth-order valence-electron chi connectivity index (χ4n) is 1.13. The Morgan fingerprint density at radius 3 is 2.45 bits per heavy atom. The van der Waals surface area contributed by atoms with E-state index >= 15 is 0 Å². The van der Waals surface area contributed by atoms with Crippen LogP contribution in [0.3, 0.4) is 0 Å². The van der Waals surface area contributed by atoms with Gasteiger partial charge in [-0.25, -0.2) is 0 Å². The number of nitrogens with zero attached hydrogens (tertiary/aromatic N) is 1. The van der Waals surface area contributed by atoms with Crippen molar-refractivity contribution in [1.29, 1.82) is 0 Å². The summed E-state index contributed by atoms with van der Waals surface area (Å²) in [5.74, 6) is 0.466. The number of carbonyl (C=O) groups is 1. The summed E-state index contributed by atoms with van der Waals surface area (Å²) in [4.78, 5) is 13.2. The van der Waals surface area contributed by atoms with Crippen molar-refractivity contribution in [3.05, 3.63) is 0 Å². The number of thioether (sulfide) groups is 1. The van der Waals surface area contributed by atoms with Crippen LogP contribution < -0.4 is 0 Å². The first-order valence-corrected chi connectivity index (χ1v) is 5.25. The van der Waals surface area contributed by atoms with Crippen LogP contribution in [-0.2, 0) is 4.79 Å². The second kappa shape index (κ2) is 3.48. The average Bonchev–Trinajstić information content (AvgIpc) is 1.85. The van der Waals surface area contributed by atoms with Crippen molar-refractivity contribution in [2.75, 3.05) is 19.3 Å². The van der Waals surface area contributed by atoms with Crippen LogP contribution >= 0.6 is 11.8 Å². The van der Waals surface area contributed by atoms with Gasteiger partial charge in [-0.05, 0) is 6.26 Å². The molecule has 0 N–H and O–H groups in total. The van der Waals surface area contributed by atoms with Crippen molar-refractivity contribution in [1.82, 2.24) is 4.90 Å². The second-order valence-corrected chi connectivity index (χ2v) is 4.39. The first kappa shape index (κ1) is 8.91. The summed E-state index contributed by atoms with van der Waals surface area (Å²) in [6, 6.07) is 0. The Balaban J connectivity index is 2.27. The van der Waals surface area contributed by atoms with Crippen molar-refractivity contribution in [2.45, 2.75) is 19.1 Å². The number of rotatable bonds is 2. The number of carbonyl (C=O) groups excluding carboxylic acids is 1. The third-order valence-electron chi connectivity index (χ3n) is 1.99. The highest BCUT2D eigenvalue weighted by Gasteiger charge is 2.30. The van der Waals surface area contributed by atoms with Gasteiger partial charge in [0.25, 0.3) is 0 Å². The lowest BCUT2D eigenvalue weighted by Gasteiger charge is -2.39. The highest BCUT2D eigenvalue weighted by atomic mass is 32.2. The molecule has 1 amide bonds. The molecule has 1 heterocycles. The predicted molar refractivity (Wildman–Crippen MR) is 48.7 cm³/mol. The molecule has 0 unspecified atom stereocenters. The van der Waals surface area contributed by atoms with E-state index in [-0.39, 0.29) is 5.92 Å². The van der Waals surface area contributed by atoms with Crippen LogP contribution in [0.25, 0.3) is 0 Å². The zero-order valence-electron chi connectivity index (χ0n) is 7.33. The molecule has 11 heavy (non-hydrogen) atoms. The maximum atomic E-state index is 11.3. The van der Waals surface area contributed by atoms with Gasteiger partial charge in [-0.3, -0.25) is 4.79 Å². The van der Waals surface area contributed by atoms with E-state index in [9.17, 15) is 4.79 Å². The zero-order chi connectivity index (χ0) is 8.43. The molecule has 2 nitrogen and oxygen atoms in total. The molecule has 0 aromatic rings. The van der Waals surface area contributed by atoms with E-state index in [2.05, 4.69) is 6.26 Å². The van der Waals surface area contributed by atoms with E-state index < -0.39 is 0 Å². The van der Waals surface area contributed by atoms with Gasteiger partial charge < -0.3 is 4.90 Å². The molecule has 3 heteroatoms. The number of amides is 1. The highest BCUT2D eigenvalue weighted by Crippen LogP contribution is 2.21. The van der Waals surface area contributed by atoms with Gasteiger partial charge in [0.2, 0.25) is 5.91 Å². The fourth-order valence-corrected chi connectivity index (χ4v) is 1.79. The molecular formula is C8H15NOS. The Morgan fingerprint density at radius 1 is 1.55 bits per heavy atom. The summed E-state index contributed by atoms with van der Waals surface area (Å²) in [6.07, 6.45) is 2.10.